The number of rotatable bonds is 9. The van der Waals surface area contributed by atoms with Crippen LogP contribution in [0.5, 0.6) is 0 Å². The van der Waals surface area contributed by atoms with Crippen molar-refractivity contribution in [3.05, 3.63) is 59.7 Å². The largest absolute Gasteiger partial charge is 0.396 e. The van der Waals surface area contributed by atoms with Gasteiger partial charge in [-0.3, -0.25) is 0 Å². The fourth-order valence-electron chi connectivity index (χ4n) is 2.89. The number of aliphatic hydroxyl groups excluding tert-OH is 2. The highest BCUT2D eigenvalue weighted by Crippen LogP contribution is 2.28. The molecule has 2 heteroatoms. The molecule has 2 aromatic carbocycles. The Bertz CT molecular complexity index is 549. The smallest absolute Gasteiger partial charge is 0.0431 e. The van der Waals surface area contributed by atoms with Gasteiger partial charge in [0, 0.05) is 13.2 Å². The Morgan fingerprint density at radius 2 is 1.32 bits per heavy atom. The standard InChI is InChI=1S/C20H26O2/c21-15-6-4-11-18-12-8-14-20(17-9-2-1-3-10-17)19(18)13-5-7-16-22/h1-3,8-10,12,14,21-22H,4-7,11,13,15-16H2. The van der Waals surface area contributed by atoms with E-state index < -0.39 is 0 Å². The third-order valence-electron chi connectivity index (χ3n) is 4.05. The molecule has 0 aromatic heterocycles. The Hall–Kier alpha value is -1.64. The van der Waals surface area contributed by atoms with Gasteiger partial charge in [-0.2, -0.15) is 0 Å². The minimum absolute atomic E-state index is 0.257. The molecule has 0 fully saturated rings. The third kappa shape index (κ3) is 4.69. The number of hydrogen-bond donors (Lipinski definition) is 2. The maximum absolute atomic E-state index is 9.05. The van der Waals surface area contributed by atoms with Crippen LogP contribution in [0.4, 0.5) is 0 Å². The molecule has 0 saturated heterocycles. The lowest BCUT2D eigenvalue weighted by molar-refractivity contribution is 0.283. The topological polar surface area (TPSA) is 40.5 Å². The van der Waals surface area contributed by atoms with Crippen LogP contribution < -0.4 is 0 Å². The van der Waals surface area contributed by atoms with Crippen LogP contribution in [-0.4, -0.2) is 23.4 Å². The minimum atomic E-state index is 0.257. The summed E-state index contributed by atoms with van der Waals surface area (Å²) in [5, 5.41) is 18.0. The zero-order chi connectivity index (χ0) is 15.6. The van der Waals surface area contributed by atoms with E-state index in [-0.39, 0.29) is 13.2 Å². The second kappa shape index (κ2) is 9.39. The molecule has 22 heavy (non-hydrogen) atoms. The molecule has 118 valence electrons. The summed E-state index contributed by atoms with van der Waals surface area (Å²) in [6.45, 7) is 0.519. The van der Waals surface area contributed by atoms with E-state index in [1.54, 1.807) is 0 Å². The SMILES string of the molecule is OCCCCc1cccc(-c2ccccc2)c1CCCCO. The summed E-state index contributed by atoms with van der Waals surface area (Å²) in [7, 11) is 0. The van der Waals surface area contributed by atoms with Gasteiger partial charge >= 0.3 is 0 Å². The van der Waals surface area contributed by atoms with Crippen LogP contribution in [-0.2, 0) is 12.8 Å². The lowest BCUT2D eigenvalue weighted by atomic mass is 9.90. The predicted octanol–water partition coefficient (Wildman–Crippen LogP) is 3.98. The van der Waals surface area contributed by atoms with Crippen LogP contribution in [0.25, 0.3) is 11.1 Å². The van der Waals surface area contributed by atoms with Crippen molar-refractivity contribution in [2.24, 2.45) is 0 Å². The van der Waals surface area contributed by atoms with E-state index in [1.807, 2.05) is 6.07 Å². The molecule has 0 radical (unpaired) electrons. The Kier molecular flexibility index (Phi) is 7.14. The maximum atomic E-state index is 9.05. The number of hydrogen-bond acceptors (Lipinski definition) is 2. The fourth-order valence-corrected chi connectivity index (χ4v) is 2.89. The summed E-state index contributed by atoms with van der Waals surface area (Å²) < 4.78 is 0. The monoisotopic (exact) mass is 298 g/mol. The Morgan fingerprint density at radius 3 is 2.00 bits per heavy atom. The van der Waals surface area contributed by atoms with E-state index in [2.05, 4.69) is 42.5 Å². The van der Waals surface area contributed by atoms with E-state index >= 15 is 0 Å². The molecule has 0 unspecified atom stereocenters. The highest BCUT2D eigenvalue weighted by molar-refractivity contribution is 5.68. The number of unbranched alkanes of at least 4 members (excludes halogenated alkanes) is 2. The fraction of sp³-hybridized carbons (Fsp3) is 0.400. The quantitative estimate of drug-likeness (QED) is 0.687. The number of aryl methyl sites for hydroxylation is 1. The van der Waals surface area contributed by atoms with Gasteiger partial charge in [-0.1, -0.05) is 48.5 Å². The van der Waals surface area contributed by atoms with Crippen molar-refractivity contribution in [1.29, 1.82) is 0 Å². The van der Waals surface area contributed by atoms with Crippen molar-refractivity contribution >= 4 is 0 Å². The van der Waals surface area contributed by atoms with E-state index in [0.717, 1.165) is 38.5 Å². The summed E-state index contributed by atoms with van der Waals surface area (Å²) in [4.78, 5) is 0. The van der Waals surface area contributed by atoms with Gasteiger partial charge in [-0.05, 0) is 60.8 Å². The van der Waals surface area contributed by atoms with Gasteiger partial charge in [-0.15, -0.1) is 0 Å². The van der Waals surface area contributed by atoms with Gasteiger partial charge in [0.25, 0.3) is 0 Å². The average Bonchev–Trinajstić information content (AvgIpc) is 2.57. The van der Waals surface area contributed by atoms with Crippen LogP contribution in [0.15, 0.2) is 48.5 Å². The first-order chi connectivity index (χ1) is 10.9. The van der Waals surface area contributed by atoms with Crippen LogP contribution in [0.1, 0.15) is 36.8 Å². The van der Waals surface area contributed by atoms with Crippen LogP contribution in [0.3, 0.4) is 0 Å². The zero-order valence-corrected chi connectivity index (χ0v) is 13.2. The van der Waals surface area contributed by atoms with Crippen molar-refractivity contribution in [3.63, 3.8) is 0 Å². The first-order valence-electron chi connectivity index (χ1n) is 8.24. The maximum Gasteiger partial charge on any atom is 0.0431 e. The van der Waals surface area contributed by atoms with Gasteiger partial charge in [0.15, 0.2) is 0 Å². The number of benzene rings is 2. The first-order valence-corrected chi connectivity index (χ1v) is 8.24. The Morgan fingerprint density at radius 1 is 0.636 bits per heavy atom. The predicted molar refractivity (Wildman–Crippen MR) is 91.9 cm³/mol. The van der Waals surface area contributed by atoms with E-state index in [0.29, 0.717) is 0 Å². The molecule has 0 saturated carbocycles. The molecule has 0 aliphatic carbocycles. The molecule has 2 nitrogen and oxygen atoms in total. The molecule has 0 heterocycles. The normalized spacial score (nSPS) is 10.8. The minimum Gasteiger partial charge on any atom is -0.396 e. The van der Waals surface area contributed by atoms with Crippen LogP contribution in [0.2, 0.25) is 0 Å². The molecule has 2 N–H and O–H groups in total. The average molecular weight is 298 g/mol. The van der Waals surface area contributed by atoms with Gasteiger partial charge in [-0.25, -0.2) is 0 Å². The summed E-state index contributed by atoms with van der Waals surface area (Å²) >= 11 is 0. The van der Waals surface area contributed by atoms with Crippen LogP contribution >= 0.6 is 0 Å². The molecule has 0 aliphatic rings. The van der Waals surface area contributed by atoms with Gasteiger partial charge < -0.3 is 10.2 Å². The molecule has 0 aliphatic heterocycles. The van der Waals surface area contributed by atoms with Crippen LogP contribution in [0, 0.1) is 0 Å². The molecule has 2 aromatic rings. The van der Waals surface area contributed by atoms with Gasteiger partial charge in [0.05, 0.1) is 0 Å². The molecule has 0 amide bonds. The van der Waals surface area contributed by atoms with Crippen molar-refractivity contribution in [1.82, 2.24) is 0 Å². The zero-order valence-electron chi connectivity index (χ0n) is 13.2. The van der Waals surface area contributed by atoms with Gasteiger partial charge in [0.2, 0.25) is 0 Å². The molecular weight excluding hydrogens is 272 g/mol. The Balaban J connectivity index is 2.28. The van der Waals surface area contributed by atoms with Crippen molar-refractivity contribution < 1.29 is 10.2 Å². The third-order valence-corrected chi connectivity index (χ3v) is 4.05. The summed E-state index contributed by atoms with van der Waals surface area (Å²) in [6.07, 6.45) is 5.73. The lowest BCUT2D eigenvalue weighted by Crippen LogP contribution is -2.00. The molecular formula is C20H26O2. The van der Waals surface area contributed by atoms with E-state index in [1.165, 1.54) is 22.3 Å². The first kappa shape index (κ1) is 16.7. The summed E-state index contributed by atoms with van der Waals surface area (Å²) in [5.41, 5.74) is 5.35. The van der Waals surface area contributed by atoms with Crippen molar-refractivity contribution in [3.8, 4) is 11.1 Å². The summed E-state index contributed by atoms with van der Waals surface area (Å²) in [5.74, 6) is 0. The van der Waals surface area contributed by atoms with Crippen molar-refractivity contribution in [2.45, 2.75) is 38.5 Å². The highest BCUT2D eigenvalue weighted by atomic mass is 16.3. The van der Waals surface area contributed by atoms with E-state index in [4.69, 9.17) is 10.2 Å². The van der Waals surface area contributed by atoms with E-state index in [9.17, 15) is 0 Å². The Labute approximate surface area is 133 Å². The summed E-state index contributed by atoms with van der Waals surface area (Å²) in [6, 6.07) is 17.0. The molecule has 0 atom stereocenters. The molecule has 2 rings (SSSR count). The molecule has 0 bridgehead atoms. The van der Waals surface area contributed by atoms with Crippen molar-refractivity contribution in [2.75, 3.05) is 13.2 Å². The molecule has 0 spiro atoms. The lowest BCUT2D eigenvalue weighted by Gasteiger charge is -2.15. The van der Waals surface area contributed by atoms with Gasteiger partial charge in [0.1, 0.15) is 0 Å². The highest BCUT2D eigenvalue weighted by Gasteiger charge is 2.09. The number of aliphatic hydroxyl groups is 2. The second-order valence-electron chi connectivity index (χ2n) is 5.67. The second-order valence-corrected chi connectivity index (χ2v) is 5.67.